The molecule has 0 fully saturated rings. The van der Waals surface area contributed by atoms with Gasteiger partial charge in [-0.1, -0.05) is 18.2 Å². The number of benzene rings is 1. The summed E-state index contributed by atoms with van der Waals surface area (Å²) in [4.78, 5) is 18.3. The van der Waals surface area contributed by atoms with E-state index in [1.807, 2.05) is 0 Å². The molecule has 22 heavy (non-hydrogen) atoms. The molecule has 3 rings (SSSR count). The molecule has 114 valence electrons. The number of carbonyl (C=O) groups excluding carboxylic acids is 1. The molecule has 1 aliphatic heterocycles. The monoisotopic (exact) mass is 295 g/mol. The number of rotatable bonds is 5. The van der Waals surface area contributed by atoms with Crippen molar-refractivity contribution in [2.24, 2.45) is 0 Å². The topological polar surface area (TPSA) is 45.2 Å². The zero-order chi connectivity index (χ0) is 15.4. The summed E-state index contributed by atoms with van der Waals surface area (Å²) in [5.74, 6) is -0.0528. The molecule has 1 amide bonds. The molecular weight excluding hydrogens is 274 g/mol. The molecule has 0 radical (unpaired) electrons. The van der Waals surface area contributed by atoms with Gasteiger partial charge in [0.1, 0.15) is 0 Å². The van der Waals surface area contributed by atoms with Crippen LogP contribution in [0, 0.1) is 0 Å². The van der Waals surface area contributed by atoms with Crippen molar-refractivity contribution in [1.29, 1.82) is 0 Å². The van der Waals surface area contributed by atoms with Crippen molar-refractivity contribution in [2.45, 2.75) is 25.8 Å². The first-order valence-electron chi connectivity index (χ1n) is 7.78. The largest absolute Gasteiger partial charge is 0.368 e. The van der Waals surface area contributed by atoms with E-state index in [1.54, 1.807) is 24.5 Å². The lowest BCUT2D eigenvalue weighted by molar-refractivity contribution is 0.0953. The lowest BCUT2D eigenvalue weighted by Crippen LogP contribution is -2.33. The van der Waals surface area contributed by atoms with Gasteiger partial charge in [-0.2, -0.15) is 0 Å². The maximum atomic E-state index is 11.9. The number of pyridine rings is 1. The molecule has 0 aliphatic carbocycles. The molecule has 1 aromatic heterocycles. The van der Waals surface area contributed by atoms with E-state index in [9.17, 15) is 4.79 Å². The van der Waals surface area contributed by atoms with Crippen molar-refractivity contribution in [3.8, 4) is 0 Å². The third-order valence-electron chi connectivity index (χ3n) is 4.13. The van der Waals surface area contributed by atoms with Crippen molar-refractivity contribution in [2.75, 3.05) is 18.0 Å². The molecular formula is C18H21N3O. The van der Waals surface area contributed by atoms with E-state index in [-0.39, 0.29) is 5.91 Å². The van der Waals surface area contributed by atoms with Gasteiger partial charge >= 0.3 is 0 Å². The van der Waals surface area contributed by atoms with Crippen LogP contribution in [0.4, 0.5) is 5.69 Å². The number of fused-ring (bicyclic) bond motifs is 1. The molecule has 1 aromatic carbocycles. The van der Waals surface area contributed by atoms with Crippen LogP contribution in [-0.2, 0) is 6.42 Å². The lowest BCUT2D eigenvalue weighted by atomic mass is 10.1. The van der Waals surface area contributed by atoms with Crippen LogP contribution >= 0.6 is 0 Å². The van der Waals surface area contributed by atoms with E-state index in [4.69, 9.17) is 0 Å². The Balaban J connectivity index is 1.49. The number of para-hydroxylation sites is 1. The van der Waals surface area contributed by atoms with Gasteiger partial charge in [0.2, 0.25) is 0 Å². The average molecular weight is 295 g/mol. The van der Waals surface area contributed by atoms with Gasteiger partial charge in [0.05, 0.1) is 5.56 Å². The molecule has 1 N–H and O–H groups in total. The third kappa shape index (κ3) is 3.11. The first-order valence-corrected chi connectivity index (χ1v) is 7.78. The Bertz CT molecular complexity index is 642. The van der Waals surface area contributed by atoms with Crippen LogP contribution < -0.4 is 10.2 Å². The molecule has 0 saturated heterocycles. The van der Waals surface area contributed by atoms with Gasteiger partial charge in [0.25, 0.3) is 5.91 Å². The first-order chi connectivity index (χ1) is 10.8. The molecule has 0 saturated carbocycles. The molecule has 0 bridgehead atoms. The van der Waals surface area contributed by atoms with E-state index in [0.29, 0.717) is 18.2 Å². The van der Waals surface area contributed by atoms with Crippen LogP contribution in [0.25, 0.3) is 0 Å². The molecule has 2 heterocycles. The second-order valence-corrected chi connectivity index (χ2v) is 5.73. The minimum Gasteiger partial charge on any atom is -0.368 e. The predicted molar refractivity (Wildman–Crippen MR) is 88.1 cm³/mol. The van der Waals surface area contributed by atoms with Crippen molar-refractivity contribution in [1.82, 2.24) is 10.3 Å². The average Bonchev–Trinajstić information content (AvgIpc) is 2.88. The Morgan fingerprint density at radius 1 is 1.32 bits per heavy atom. The van der Waals surface area contributed by atoms with Crippen LogP contribution in [0.3, 0.4) is 0 Å². The quantitative estimate of drug-likeness (QED) is 0.863. The summed E-state index contributed by atoms with van der Waals surface area (Å²) in [6, 6.07) is 12.7. The Morgan fingerprint density at radius 3 is 3.00 bits per heavy atom. The van der Waals surface area contributed by atoms with Crippen molar-refractivity contribution < 1.29 is 4.79 Å². The van der Waals surface area contributed by atoms with Crippen LogP contribution in [0.15, 0.2) is 48.8 Å². The van der Waals surface area contributed by atoms with Crippen molar-refractivity contribution in [3.63, 3.8) is 0 Å². The fourth-order valence-corrected chi connectivity index (χ4v) is 3.02. The van der Waals surface area contributed by atoms with E-state index >= 15 is 0 Å². The maximum Gasteiger partial charge on any atom is 0.252 e. The summed E-state index contributed by atoms with van der Waals surface area (Å²) in [6.07, 6.45) is 5.31. The normalized spacial score (nSPS) is 16.4. The molecule has 1 atom stereocenters. The first kappa shape index (κ1) is 14.6. The molecule has 1 unspecified atom stereocenters. The summed E-state index contributed by atoms with van der Waals surface area (Å²) in [5, 5.41) is 2.96. The lowest BCUT2D eigenvalue weighted by Gasteiger charge is -2.24. The van der Waals surface area contributed by atoms with Gasteiger partial charge in [-0.05, 0) is 43.5 Å². The highest BCUT2D eigenvalue weighted by molar-refractivity contribution is 5.93. The standard InChI is InChI=1S/C18H21N3O/c1-14-12-15-6-2-3-8-17(15)21(14)11-5-10-20-18(22)16-7-4-9-19-13-16/h2-4,6-9,13-14H,5,10-12H2,1H3,(H,20,22). The van der Waals surface area contributed by atoms with E-state index < -0.39 is 0 Å². The van der Waals surface area contributed by atoms with Gasteiger partial charge in [-0.15, -0.1) is 0 Å². The van der Waals surface area contributed by atoms with E-state index in [0.717, 1.165) is 19.4 Å². The third-order valence-corrected chi connectivity index (χ3v) is 4.13. The minimum atomic E-state index is -0.0528. The van der Waals surface area contributed by atoms with Gasteiger partial charge < -0.3 is 10.2 Å². The van der Waals surface area contributed by atoms with Gasteiger partial charge in [0, 0.05) is 37.2 Å². The number of carbonyl (C=O) groups is 1. The smallest absolute Gasteiger partial charge is 0.252 e. The van der Waals surface area contributed by atoms with E-state index in [2.05, 4.69) is 46.4 Å². The molecule has 4 nitrogen and oxygen atoms in total. The molecule has 1 aliphatic rings. The van der Waals surface area contributed by atoms with Crippen LogP contribution in [0.5, 0.6) is 0 Å². The Hall–Kier alpha value is -2.36. The SMILES string of the molecule is CC1Cc2ccccc2N1CCCNC(=O)c1cccnc1. The zero-order valence-corrected chi connectivity index (χ0v) is 12.8. The number of hydrogen-bond acceptors (Lipinski definition) is 3. The molecule has 4 heteroatoms. The fourth-order valence-electron chi connectivity index (χ4n) is 3.02. The highest BCUT2D eigenvalue weighted by atomic mass is 16.1. The summed E-state index contributed by atoms with van der Waals surface area (Å²) in [5.41, 5.74) is 3.38. The molecule has 2 aromatic rings. The number of aromatic nitrogens is 1. The Morgan fingerprint density at radius 2 is 2.18 bits per heavy atom. The number of nitrogens with one attached hydrogen (secondary N) is 1. The summed E-state index contributed by atoms with van der Waals surface area (Å²) in [6.45, 7) is 3.90. The van der Waals surface area contributed by atoms with Gasteiger partial charge in [-0.3, -0.25) is 9.78 Å². The highest BCUT2D eigenvalue weighted by Crippen LogP contribution is 2.31. The van der Waals surface area contributed by atoms with Crippen molar-refractivity contribution >= 4 is 11.6 Å². The summed E-state index contributed by atoms with van der Waals surface area (Å²) < 4.78 is 0. The predicted octanol–water partition coefficient (Wildman–Crippen LogP) is 2.65. The second-order valence-electron chi connectivity index (χ2n) is 5.73. The van der Waals surface area contributed by atoms with Crippen molar-refractivity contribution in [3.05, 3.63) is 59.9 Å². The fraction of sp³-hybridized carbons (Fsp3) is 0.333. The van der Waals surface area contributed by atoms with Gasteiger partial charge in [-0.25, -0.2) is 0 Å². The number of amides is 1. The second kappa shape index (κ2) is 6.60. The number of hydrogen-bond donors (Lipinski definition) is 1. The van der Waals surface area contributed by atoms with Crippen LogP contribution in [-0.4, -0.2) is 30.0 Å². The zero-order valence-electron chi connectivity index (χ0n) is 12.8. The van der Waals surface area contributed by atoms with Crippen LogP contribution in [0.1, 0.15) is 29.3 Å². The number of anilines is 1. The summed E-state index contributed by atoms with van der Waals surface area (Å²) >= 11 is 0. The highest BCUT2D eigenvalue weighted by Gasteiger charge is 2.24. The maximum absolute atomic E-state index is 11.9. The minimum absolute atomic E-state index is 0.0528. The summed E-state index contributed by atoms with van der Waals surface area (Å²) in [7, 11) is 0. The van der Waals surface area contributed by atoms with Crippen LogP contribution in [0.2, 0.25) is 0 Å². The van der Waals surface area contributed by atoms with E-state index in [1.165, 1.54) is 11.3 Å². The molecule has 0 spiro atoms. The Labute approximate surface area is 131 Å². The Kier molecular flexibility index (Phi) is 4.37. The van der Waals surface area contributed by atoms with Gasteiger partial charge in [0.15, 0.2) is 0 Å². The number of nitrogens with zero attached hydrogens (tertiary/aromatic N) is 2.